The number of fused-ring (bicyclic) bond motifs is 1. The fourth-order valence-electron chi connectivity index (χ4n) is 2.30. The van der Waals surface area contributed by atoms with E-state index in [-0.39, 0.29) is 24.9 Å². The molecule has 0 amide bonds. The Labute approximate surface area is 119 Å². The van der Waals surface area contributed by atoms with Gasteiger partial charge >= 0.3 is 18.9 Å². The van der Waals surface area contributed by atoms with E-state index < -0.39 is 18.1 Å². The average Bonchev–Trinajstić information content (AvgIpc) is 2.33. The van der Waals surface area contributed by atoms with Crippen LogP contribution in [0.3, 0.4) is 0 Å². The van der Waals surface area contributed by atoms with Gasteiger partial charge in [0.1, 0.15) is 0 Å². The molecule has 1 aliphatic carbocycles. The van der Waals surface area contributed by atoms with Gasteiger partial charge in [-0.25, -0.2) is 0 Å². The maximum absolute atomic E-state index is 10.7. The number of carboxylic acids is 1. The van der Waals surface area contributed by atoms with Gasteiger partial charge in [-0.15, -0.1) is 0 Å². The molecule has 0 bridgehead atoms. The first-order valence-corrected chi connectivity index (χ1v) is 5.82. The minimum atomic E-state index is -1.14. The number of carbonyl (C=O) groups is 1. The summed E-state index contributed by atoms with van der Waals surface area (Å²) in [4.78, 5) is 10.7. The first-order chi connectivity index (χ1) is 8.09. The second kappa shape index (κ2) is 6.40. The molecule has 0 radical (unpaired) electrons. The van der Waals surface area contributed by atoms with Crippen molar-refractivity contribution in [1.29, 1.82) is 0 Å². The quantitative estimate of drug-likeness (QED) is 0.546. The first-order valence-electron chi connectivity index (χ1n) is 5.82. The van der Waals surface area contributed by atoms with Crippen molar-refractivity contribution in [3.05, 3.63) is 35.4 Å². The fraction of sp³-hybridized carbons (Fsp3) is 0.462. The zero-order valence-corrected chi connectivity index (χ0v) is 10.7. The van der Waals surface area contributed by atoms with Crippen molar-refractivity contribution in [1.82, 2.24) is 5.32 Å². The summed E-state index contributed by atoms with van der Waals surface area (Å²) in [6, 6.07) is 6.74. The molecule has 1 aromatic rings. The van der Waals surface area contributed by atoms with E-state index in [9.17, 15) is 15.0 Å². The van der Waals surface area contributed by atoms with Gasteiger partial charge in [0, 0.05) is 12.1 Å². The summed E-state index contributed by atoms with van der Waals surface area (Å²) in [5.41, 5.74) is 2.03. The Bertz CT molecular complexity index is 424. The van der Waals surface area contributed by atoms with E-state index >= 15 is 0 Å². The Kier molecular flexibility index (Phi) is 5.42. The number of aryl methyl sites for hydroxylation is 1. The minimum Gasteiger partial charge on any atom is -0.548 e. The van der Waals surface area contributed by atoms with E-state index in [1.165, 1.54) is 6.92 Å². The molecule has 2 N–H and O–H groups in total. The molecule has 4 nitrogen and oxygen atoms in total. The number of hydrogen-bond donors (Lipinski definition) is 2. The third-order valence-corrected chi connectivity index (χ3v) is 3.30. The van der Waals surface area contributed by atoms with E-state index in [2.05, 4.69) is 5.32 Å². The summed E-state index contributed by atoms with van der Waals surface area (Å²) in [5, 5.41) is 23.7. The molecule has 18 heavy (non-hydrogen) atoms. The van der Waals surface area contributed by atoms with E-state index in [4.69, 9.17) is 0 Å². The largest absolute Gasteiger partial charge is 1.00 e. The number of carboxylic acid groups (broad SMARTS) is 1. The first kappa shape index (κ1) is 15.3. The number of aliphatic carboxylic acids is 1. The zero-order chi connectivity index (χ0) is 12.4. The normalized spacial score (nSPS) is 23.7. The summed E-state index contributed by atoms with van der Waals surface area (Å²) in [6.07, 6.45) is 0.933. The van der Waals surface area contributed by atoms with Crippen molar-refractivity contribution >= 4 is 5.97 Å². The van der Waals surface area contributed by atoms with Gasteiger partial charge < -0.3 is 20.3 Å². The molecule has 0 aliphatic heterocycles. The molecule has 0 saturated carbocycles. The van der Waals surface area contributed by atoms with E-state index in [0.717, 1.165) is 24.0 Å². The predicted octanol–water partition coefficient (Wildman–Crippen LogP) is -3.23. The van der Waals surface area contributed by atoms with Crippen LogP contribution in [0.4, 0.5) is 0 Å². The maximum atomic E-state index is 10.7. The van der Waals surface area contributed by atoms with Crippen molar-refractivity contribution < 1.29 is 33.9 Å². The second-order valence-electron chi connectivity index (χ2n) is 4.50. The molecule has 92 valence electrons. The SMILES string of the molecule is C[C@H](NC1CCc2ccccc2C1O)C(=O)[O-].[Li+]. The fourth-order valence-corrected chi connectivity index (χ4v) is 2.30. The molecule has 1 aliphatic rings. The summed E-state index contributed by atoms with van der Waals surface area (Å²) in [5.74, 6) is -1.14. The number of nitrogens with one attached hydrogen (secondary N) is 1. The van der Waals surface area contributed by atoms with Crippen LogP contribution < -0.4 is 29.3 Å². The standard InChI is InChI=1S/C13H17NO3.Li/c1-8(13(16)17)14-11-7-6-9-4-2-3-5-10(9)12(11)15;/h2-5,8,11-12,14-15H,6-7H2,1H3,(H,16,17);/q;+1/p-1/t8-,11?,12?;/m0./s1. The number of rotatable bonds is 3. The van der Waals surface area contributed by atoms with Gasteiger partial charge in [0.15, 0.2) is 0 Å². The van der Waals surface area contributed by atoms with Crippen molar-refractivity contribution in [3.8, 4) is 0 Å². The Morgan fingerprint density at radius 2 is 2.17 bits per heavy atom. The molecular formula is C13H16LiNO3. The Morgan fingerprint density at radius 3 is 2.83 bits per heavy atom. The predicted molar refractivity (Wildman–Crippen MR) is 61.1 cm³/mol. The monoisotopic (exact) mass is 241 g/mol. The van der Waals surface area contributed by atoms with Gasteiger partial charge in [-0.1, -0.05) is 24.3 Å². The van der Waals surface area contributed by atoms with Gasteiger partial charge in [0.05, 0.1) is 12.1 Å². The van der Waals surface area contributed by atoms with E-state index in [1.807, 2.05) is 24.3 Å². The molecule has 0 heterocycles. The Balaban J connectivity index is 0.00000162. The second-order valence-corrected chi connectivity index (χ2v) is 4.50. The smallest absolute Gasteiger partial charge is 0.548 e. The molecule has 5 heteroatoms. The topological polar surface area (TPSA) is 72.4 Å². The summed E-state index contributed by atoms with van der Waals surface area (Å²) in [7, 11) is 0. The van der Waals surface area contributed by atoms with Gasteiger partial charge in [0.25, 0.3) is 0 Å². The van der Waals surface area contributed by atoms with Crippen LogP contribution in [0, 0.1) is 0 Å². The molecule has 3 atom stereocenters. The van der Waals surface area contributed by atoms with E-state index in [1.54, 1.807) is 0 Å². The molecule has 0 saturated heterocycles. The maximum Gasteiger partial charge on any atom is 1.00 e. The summed E-state index contributed by atoms with van der Waals surface area (Å²) >= 11 is 0. The van der Waals surface area contributed by atoms with Crippen molar-refractivity contribution in [3.63, 3.8) is 0 Å². The van der Waals surface area contributed by atoms with Crippen LogP contribution in [0.25, 0.3) is 0 Å². The van der Waals surface area contributed by atoms with Crippen molar-refractivity contribution in [2.45, 2.75) is 38.0 Å². The summed E-state index contributed by atoms with van der Waals surface area (Å²) < 4.78 is 0. The molecule has 1 aromatic carbocycles. The van der Waals surface area contributed by atoms with Crippen molar-refractivity contribution in [2.75, 3.05) is 0 Å². The minimum absolute atomic E-state index is 0. The Hall–Kier alpha value is -0.793. The molecular weight excluding hydrogens is 225 g/mol. The van der Waals surface area contributed by atoms with E-state index in [0.29, 0.717) is 0 Å². The van der Waals surface area contributed by atoms with Crippen LogP contribution in [-0.2, 0) is 11.2 Å². The van der Waals surface area contributed by atoms with Crippen LogP contribution in [0.2, 0.25) is 0 Å². The molecule has 2 unspecified atom stereocenters. The third-order valence-electron chi connectivity index (χ3n) is 3.30. The number of hydrogen-bond acceptors (Lipinski definition) is 4. The number of carbonyl (C=O) groups excluding carboxylic acids is 1. The number of aliphatic hydroxyl groups is 1. The average molecular weight is 241 g/mol. The zero-order valence-electron chi connectivity index (χ0n) is 10.7. The van der Waals surface area contributed by atoms with Gasteiger partial charge in [-0.3, -0.25) is 0 Å². The van der Waals surface area contributed by atoms with Gasteiger partial charge in [0.2, 0.25) is 0 Å². The molecule has 0 fully saturated rings. The Morgan fingerprint density at radius 1 is 1.50 bits per heavy atom. The van der Waals surface area contributed by atoms with Crippen LogP contribution in [0.1, 0.15) is 30.6 Å². The van der Waals surface area contributed by atoms with Crippen LogP contribution in [0.5, 0.6) is 0 Å². The van der Waals surface area contributed by atoms with Crippen LogP contribution >= 0.6 is 0 Å². The summed E-state index contributed by atoms with van der Waals surface area (Å²) in [6.45, 7) is 1.53. The van der Waals surface area contributed by atoms with Crippen LogP contribution in [0.15, 0.2) is 24.3 Å². The number of benzene rings is 1. The molecule has 0 aromatic heterocycles. The van der Waals surface area contributed by atoms with Gasteiger partial charge in [-0.2, -0.15) is 0 Å². The van der Waals surface area contributed by atoms with Crippen LogP contribution in [-0.4, -0.2) is 23.2 Å². The van der Waals surface area contributed by atoms with Gasteiger partial charge in [-0.05, 0) is 30.9 Å². The molecule has 2 rings (SSSR count). The van der Waals surface area contributed by atoms with Crippen molar-refractivity contribution in [2.24, 2.45) is 0 Å². The molecule has 0 spiro atoms. The number of aliphatic hydroxyl groups excluding tert-OH is 1. The third kappa shape index (κ3) is 3.15.